The van der Waals surface area contributed by atoms with Crippen molar-refractivity contribution >= 4 is 5.91 Å². The number of carbonyl (C=O) groups excluding carboxylic acids is 1. The smallest absolute Gasteiger partial charge is 0.227 e. The topological polar surface area (TPSA) is 32.8 Å². The number of ether oxygens (including phenoxy) is 1. The first kappa shape index (κ1) is 22.3. The Morgan fingerprint density at radius 3 is 2.17 bits per heavy atom. The van der Waals surface area contributed by atoms with Crippen LogP contribution in [0.25, 0.3) is 0 Å². The van der Waals surface area contributed by atoms with E-state index in [-0.39, 0.29) is 23.4 Å². The van der Waals surface area contributed by atoms with Crippen LogP contribution in [0.5, 0.6) is 5.75 Å². The van der Waals surface area contributed by atoms with Gasteiger partial charge in [-0.2, -0.15) is 0 Å². The Balaban J connectivity index is 1.71. The summed E-state index contributed by atoms with van der Waals surface area (Å²) in [5, 5.41) is 0. The van der Waals surface area contributed by atoms with Gasteiger partial charge in [0.05, 0.1) is 6.42 Å². The molecule has 0 spiro atoms. The third-order valence-electron chi connectivity index (χ3n) is 5.42. The molecule has 0 N–H and O–H groups in total. The molecule has 0 atom stereocenters. The molecule has 162 valence electrons. The van der Waals surface area contributed by atoms with Crippen molar-refractivity contribution in [1.82, 2.24) is 9.80 Å². The van der Waals surface area contributed by atoms with Crippen molar-refractivity contribution < 1.29 is 13.9 Å². The van der Waals surface area contributed by atoms with Gasteiger partial charge in [-0.05, 0) is 89.1 Å². The van der Waals surface area contributed by atoms with Gasteiger partial charge >= 0.3 is 0 Å². The van der Waals surface area contributed by atoms with Gasteiger partial charge in [0.1, 0.15) is 17.2 Å². The van der Waals surface area contributed by atoms with Crippen LogP contribution in [-0.2, 0) is 17.8 Å². The molecule has 0 saturated carbocycles. The standard InChI is InChI=1S/C25H33FN2O2/c1-25(2,3)30-23-11-7-19(8-12-23)17-24(29)28(22-13-15-27(4)16-14-22)18-20-5-9-21(26)10-6-20/h5-12,22H,13-18H2,1-4H3. The average molecular weight is 413 g/mol. The molecular weight excluding hydrogens is 379 g/mol. The predicted octanol–water partition coefficient (Wildman–Crippen LogP) is 4.67. The number of likely N-dealkylation sites (tertiary alicyclic amines) is 1. The summed E-state index contributed by atoms with van der Waals surface area (Å²) in [7, 11) is 2.11. The van der Waals surface area contributed by atoms with Gasteiger partial charge in [-0.3, -0.25) is 4.79 Å². The summed E-state index contributed by atoms with van der Waals surface area (Å²) < 4.78 is 19.2. The number of piperidine rings is 1. The van der Waals surface area contributed by atoms with Crippen molar-refractivity contribution in [3.63, 3.8) is 0 Å². The summed E-state index contributed by atoms with van der Waals surface area (Å²) in [5.74, 6) is 0.657. The van der Waals surface area contributed by atoms with Crippen molar-refractivity contribution in [1.29, 1.82) is 0 Å². The fraction of sp³-hybridized carbons (Fsp3) is 0.480. The van der Waals surface area contributed by atoms with Crippen LogP contribution in [0.3, 0.4) is 0 Å². The summed E-state index contributed by atoms with van der Waals surface area (Å²) in [6.45, 7) is 8.52. The van der Waals surface area contributed by atoms with E-state index >= 15 is 0 Å². The summed E-state index contributed by atoms with van der Waals surface area (Å²) in [4.78, 5) is 17.6. The molecule has 4 nitrogen and oxygen atoms in total. The van der Waals surface area contributed by atoms with Crippen LogP contribution in [0.1, 0.15) is 44.7 Å². The first-order valence-corrected chi connectivity index (χ1v) is 10.7. The average Bonchev–Trinajstić information content (AvgIpc) is 2.69. The summed E-state index contributed by atoms with van der Waals surface area (Å²) in [6, 6.07) is 14.4. The van der Waals surface area contributed by atoms with Crippen LogP contribution in [0, 0.1) is 5.82 Å². The molecule has 1 heterocycles. The van der Waals surface area contributed by atoms with E-state index < -0.39 is 0 Å². The first-order chi connectivity index (χ1) is 14.2. The molecule has 0 aliphatic carbocycles. The van der Waals surface area contributed by atoms with Crippen LogP contribution in [0.4, 0.5) is 4.39 Å². The van der Waals surface area contributed by atoms with E-state index in [0.29, 0.717) is 13.0 Å². The number of hydrogen-bond donors (Lipinski definition) is 0. The Hall–Kier alpha value is -2.40. The van der Waals surface area contributed by atoms with Crippen LogP contribution in [0.2, 0.25) is 0 Å². The molecule has 2 aromatic carbocycles. The van der Waals surface area contributed by atoms with Gasteiger partial charge in [-0.15, -0.1) is 0 Å². The summed E-state index contributed by atoms with van der Waals surface area (Å²) in [5.41, 5.74) is 1.67. The number of rotatable bonds is 6. The Bertz CT molecular complexity index is 820. The van der Waals surface area contributed by atoms with E-state index in [1.54, 1.807) is 12.1 Å². The summed E-state index contributed by atoms with van der Waals surface area (Å²) in [6.07, 6.45) is 2.27. The number of amides is 1. The minimum Gasteiger partial charge on any atom is -0.488 e. The van der Waals surface area contributed by atoms with Gasteiger partial charge in [0.25, 0.3) is 0 Å². The van der Waals surface area contributed by atoms with E-state index in [1.807, 2.05) is 49.9 Å². The van der Waals surface area contributed by atoms with Crippen molar-refractivity contribution in [2.24, 2.45) is 0 Å². The molecule has 1 saturated heterocycles. The number of nitrogens with zero attached hydrogens (tertiary/aromatic N) is 2. The largest absolute Gasteiger partial charge is 0.488 e. The molecule has 0 radical (unpaired) electrons. The highest BCUT2D eigenvalue weighted by atomic mass is 19.1. The van der Waals surface area contributed by atoms with E-state index in [0.717, 1.165) is 42.8 Å². The van der Waals surface area contributed by atoms with Gasteiger partial charge in [0.2, 0.25) is 5.91 Å². The first-order valence-electron chi connectivity index (χ1n) is 10.7. The summed E-state index contributed by atoms with van der Waals surface area (Å²) >= 11 is 0. The maximum Gasteiger partial charge on any atom is 0.227 e. The van der Waals surface area contributed by atoms with Crippen molar-refractivity contribution in [3.8, 4) is 5.75 Å². The van der Waals surface area contributed by atoms with E-state index in [4.69, 9.17) is 4.74 Å². The molecule has 1 aliphatic rings. The lowest BCUT2D eigenvalue weighted by Gasteiger charge is -2.37. The molecule has 0 unspecified atom stereocenters. The lowest BCUT2D eigenvalue weighted by Crippen LogP contribution is -2.46. The number of hydrogen-bond acceptors (Lipinski definition) is 3. The number of carbonyl (C=O) groups is 1. The zero-order valence-electron chi connectivity index (χ0n) is 18.5. The molecule has 1 aliphatic heterocycles. The molecule has 5 heteroatoms. The maximum absolute atomic E-state index is 13.3. The molecule has 0 aromatic heterocycles. The molecule has 1 amide bonds. The Kier molecular flexibility index (Phi) is 7.14. The normalized spacial score (nSPS) is 15.8. The fourth-order valence-electron chi connectivity index (χ4n) is 3.82. The molecule has 3 rings (SSSR count). The minimum atomic E-state index is -0.256. The predicted molar refractivity (Wildman–Crippen MR) is 118 cm³/mol. The van der Waals surface area contributed by atoms with Crippen molar-refractivity contribution in [2.75, 3.05) is 20.1 Å². The SMILES string of the molecule is CN1CCC(N(Cc2ccc(F)cc2)C(=O)Cc2ccc(OC(C)(C)C)cc2)CC1. The molecular formula is C25H33FN2O2. The van der Waals surface area contributed by atoms with Gasteiger partial charge < -0.3 is 14.5 Å². The highest BCUT2D eigenvalue weighted by molar-refractivity contribution is 5.79. The van der Waals surface area contributed by atoms with Crippen molar-refractivity contribution in [2.45, 2.75) is 58.2 Å². The third kappa shape index (κ3) is 6.56. The van der Waals surface area contributed by atoms with E-state index in [1.165, 1.54) is 12.1 Å². The Morgan fingerprint density at radius 2 is 1.60 bits per heavy atom. The second-order valence-electron chi connectivity index (χ2n) is 9.22. The zero-order valence-corrected chi connectivity index (χ0v) is 18.5. The Labute approximate surface area is 179 Å². The lowest BCUT2D eigenvalue weighted by molar-refractivity contribution is -0.134. The number of halogens is 1. The maximum atomic E-state index is 13.3. The number of benzene rings is 2. The van der Waals surface area contributed by atoms with Gasteiger partial charge in [0, 0.05) is 12.6 Å². The van der Waals surface area contributed by atoms with Crippen LogP contribution in [0.15, 0.2) is 48.5 Å². The zero-order chi connectivity index (χ0) is 21.7. The van der Waals surface area contributed by atoms with Gasteiger partial charge in [-0.25, -0.2) is 4.39 Å². The Morgan fingerprint density at radius 1 is 1.03 bits per heavy atom. The third-order valence-corrected chi connectivity index (χ3v) is 5.42. The van der Waals surface area contributed by atoms with E-state index in [9.17, 15) is 9.18 Å². The molecule has 1 fully saturated rings. The van der Waals surface area contributed by atoms with Gasteiger partial charge in [-0.1, -0.05) is 24.3 Å². The second kappa shape index (κ2) is 9.61. The lowest BCUT2D eigenvalue weighted by atomic mass is 10.0. The monoisotopic (exact) mass is 412 g/mol. The van der Waals surface area contributed by atoms with Crippen LogP contribution in [-0.4, -0.2) is 47.5 Å². The quantitative estimate of drug-likeness (QED) is 0.691. The van der Waals surface area contributed by atoms with Crippen LogP contribution >= 0.6 is 0 Å². The molecule has 2 aromatic rings. The van der Waals surface area contributed by atoms with Crippen LogP contribution < -0.4 is 4.74 Å². The molecule has 0 bridgehead atoms. The fourth-order valence-corrected chi connectivity index (χ4v) is 3.82. The van der Waals surface area contributed by atoms with Crippen molar-refractivity contribution in [3.05, 3.63) is 65.5 Å². The highest BCUT2D eigenvalue weighted by Gasteiger charge is 2.27. The minimum absolute atomic E-state index is 0.110. The second-order valence-corrected chi connectivity index (χ2v) is 9.22. The van der Waals surface area contributed by atoms with E-state index in [2.05, 4.69) is 11.9 Å². The van der Waals surface area contributed by atoms with Gasteiger partial charge in [0.15, 0.2) is 0 Å². The molecule has 30 heavy (non-hydrogen) atoms. The highest BCUT2D eigenvalue weighted by Crippen LogP contribution is 2.22.